The minimum absolute atomic E-state index is 0.0140. The van der Waals surface area contributed by atoms with Gasteiger partial charge in [0.15, 0.2) is 11.5 Å². The number of rotatable bonds is 5. The van der Waals surface area contributed by atoms with Crippen LogP contribution in [0.25, 0.3) is 0 Å². The van der Waals surface area contributed by atoms with E-state index in [1.54, 1.807) is 0 Å². The van der Waals surface area contributed by atoms with E-state index in [2.05, 4.69) is 41.0 Å². The van der Waals surface area contributed by atoms with E-state index in [-0.39, 0.29) is 12.0 Å². The summed E-state index contributed by atoms with van der Waals surface area (Å²) in [5.41, 5.74) is 1.27. The largest absolute Gasteiger partial charge is 0.486 e. The van der Waals surface area contributed by atoms with E-state index in [1.165, 1.54) is 15.3 Å². The van der Waals surface area contributed by atoms with Crippen molar-refractivity contribution >= 4 is 11.3 Å². The molecule has 0 amide bonds. The molecule has 28 heavy (non-hydrogen) atoms. The van der Waals surface area contributed by atoms with Gasteiger partial charge in [-0.15, -0.1) is 11.3 Å². The van der Waals surface area contributed by atoms with Gasteiger partial charge in [-0.05, 0) is 42.7 Å². The van der Waals surface area contributed by atoms with Gasteiger partial charge in [-0.25, -0.2) is 0 Å². The van der Waals surface area contributed by atoms with Crippen LogP contribution >= 0.6 is 11.3 Å². The molecular weight excluding hydrogens is 372 g/mol. The Labute approximate surface area is 170 Å². The monoisotopic (exact) mass is 400 g/mol. The lowest BCUT2D eigenvalue weighted by Gasteiger charge is -2.27. The lowest BCUT2D eigenvalue weighted by atomic mass is 9.82. The first kappa shape index (κ1) is 18.4. The van der Waals surface area contributed by atoms with Crippen molar-refractivity contribution in [2.75, 3.05) is 46.0 Å². The highest BCUT2D eigenvalue weighted by Gasteiger charge is 2.51. The topological polar surface area (TPSA) is 45.2 Å². The summed E-state index contributed by atoms with van der Waals surface area (Å²) in [6.07, 6.45) is 0. The maximum Gasteiger partial charge on any atom is 0.161 e. The Bertz CT molecular complexity index is 854. The van der Waals surface area contributed by atoms with E-state index < -0.39 is 0 Å². The number of benzene rings is 1. The van der Waals surface area contributed by atoms with Gasteiger partial charge in [0.25, 0.3) is 0 Å². The fourth-order valence-electron chi connectivity index (χ4n) is 5.10. The Balaban J connectivity index is 1.24. The molecule has 2 aromatic rings. The molecule has 3 aliphatic rings. The number of ether oxygens (including phenoxy) is 2. The highest BCUT2D eigenvalue weighted by Crippen LogP contribution is 2.43. The van der Waals surface area contributed by atoms with Crippen molar-refractivity contribution in [2.45, 2.75) is 20.0 Å². The lowest BCUT2D eigenvalue weighted by molar-refractivity contribution is 0.110. The molecule has 1 N–H and O–H groups in total. The normalized spacial score (nSPS) is 27.3. The molecule has 4 heterocycles. The number of aryl methyl sites for hydroxylation is 1. The van der Waals surface area contributed by atoms with Crippen molar-refractivity contribution in [3.8, 4) is 11.5 Å². The molecular formula is C22H28N2O3S. The van der Waals surface area contributed by atoms with Crippen LogP contribution in [0.15, 0.2) is 30.3 Å². The first-order chi connectivity index (χ1) is 13.6. The number of hydrogen-bond donors (Lipinski definition) is 1. The average Bonchev–Trinajstić information content (AvgIpc) is 3.34. The number of likely N-dealkylation sites (tertiary alicyclic amines) is 2. The molecule has 6 heteroatoms. The first-order valence-electron chi connectivity index (χ1n) is 10.1. The Morgan fingerprint density at radius 2 is 1.79 bits per heavy atom. The van der Waals surface area contributed by atoms with Crippen LogP contribution in [0, 0.1) is 18.3 Å². The first-order valence-corrected chi connectivity index (χ1v) is 10.9. The zero-order valence-corrected chi connectivity index (χ0v) is 17.2. The molecule has 150 valence electrons. The Morgan fingerprint density at radius 3 is 2.46 bits per heavy atom. The highest BCUT2D eigenvalue weighted by molar-refractivity contribution is 7.11. The van der Waals surface area contributed by atoms with E-state index >= 15 is 0 Å². The maximum absolute atomic E-state index is 10.3. The molecule has 2 atom stereocenters. The molecule has 2 unspecified atom stereocenters. The van der Waals surface area contributed by atoms with E-state index in [9.17, 15) is 5.11 Å². The minimum atomic E-state index is 0.0140. The van der Waals surface area contributed by atoms with Gasteiger partial charge in [0, 0.05) is 54.4 Å². The summed E-state index contributed by atoms with van der Waals surface area (Å²) < 4.78 is 11.4. The summed E-state index contributed by atoms with van der Waals surface area (Å²) in [6.45, 7) is 9.68. The molecule has 1 aromatic carbocycles. The molecule has 2 saturated heterocycles. The molecule has 0 spiro atoms. The van der Waals surface area contributed by atoms with Crippen molar-refractivity contribution in [3.05, 3.63) is 45.6 Å². The minimum Gasteiger partial charge on any atom is -0.486 e. The predicted molar refractivity (Wildman–Crippen MR) is 110 cm³/mol. The second-order valence-electron chi connectivity index (χ2n) is 8.55. The molecule has 5 rings (SSSR count). The van der Waals surface area contributed by atoms with Gasteiger partial charge in [0.05, 0.1) is 6.61 Å². The summed E-state index contributed by atoms with van der Waals surface area (Å²) in [6, 6.07) is 10.7. The summed E-state index contributed by atoms with van der Waals surface area (Å²) in [7, 11) is 0. The van der Waals surface area contributed by atoms with Gasteiger partial charge in [-0.1, -0.05) is 6.07 Å². The van der Waals surface area contributed by atoms with Crippen LogP contribution < -0.4 is 9.47 Å². The van der Waals surface area contributed by atoms with Crippen LogP contribution in [-0.4, -0.2) is 60.9 Å². The fraction of sp³-hybridized carbons (Fsp3) is 0.545. The average molecular weight is 401 g/mol. The van der Waals surface area contributed by atoms with Crippen molar-refractivity contribution in [3.63, 3.8) is 0 Å². The van der Waals surface area contributed by atoms with Crippen LogP contribution in [-0.2, 0) is 13.1 Å². The van der Waals surface area contributed by atoms with E-state index in [0.717, 1.165) is 50.8 Å². The molecule has 1 aromatic heterocycles. The Kier molecular flexibility index (Phi) is 4.83. The van der Waals surface area contributed by atoms with Crippen molar-refractivity contribution in [2.24, 2.45) is 11.3 Å². The van der Waals surface area contributed by atoms with Crippen LogP contribution in [0.4, 0.5) is 0 Å². The molecule has 5 nitrogen and oxygen atoms in total. The van der Waals surface area contributed by atoms with Gasteiger partial charge in [-0.2, -0.15) is 0 Å². The van der Waals surface area contributed by atoms with Crippen LogP contribution in [0.3, 0.4) is 0 Å². The molecule has 0 bridgehead atoms. The third kappa shape index (κ3) is 3.43. The van der Waals surface area contributed by atoms with E-state index in [1.807, 2.05) is 17.4 Å². The van der Waals surface area contributed by atoms with Gasteiger partial charge in [0.2, 0.25) is 0 Å². The number of thiophene rings is 1. The zero-order valence-electron chi connectivity index (χ0n) is 16.4. The number of aliphatic hydroxyl groups excluding tert-OH is 1. The highest BCUT2D eigenvalue weighted by atomic mass is 32.1. The van der Waals surface area contributed by atoms with Gasteiger partial charge < -0.3 is 14.6 Å². The number of aliphatic hydroxyl groups is 1. The second-order valence-corrected chi connectivity index (χ2v) is 9.92. The third-order valence-electron chi connectivity index (χ3n) is 6.40. The predicted octanol–water partition coefficient (Wildman–Crippen LogP) is 2.75. The number of fused-ring (bicyclic) bond motifs is 2. The summed E-state index contributed by atoms with van der Waals surface area (Å²) in [5.74, 6) is 2.24. The van der Waals surface area contributed by atoms with Crippen LogP contribution in [0.1, 0.15) is 15.3 Å². The summed E-state index contributed by atoms with van der Waals surface area (Å²) >= 11 is 1.89. The Morgan fingerprint density at radius 1 is 1.04 bits per heavy atom. The van der Waals surface area contributed by atoms with E-state index in [0.29, 0.717) is 19.1 Å². The quantitative estimate of drug-likeness (QED) is 0.836. The zero-order chi connectivity index (χ0) is 19.1. The maximum atomic E-state index is 10.3. The van der Waals surface area contributed by atoms with Crippen molar-refractivity contribution < 1.29 is 14.6 Å². The summed E-state index contributed by atoms with van der Waals surface area (Å²) in [4.78, 5) is 7.84. The number of hydrogen-bond acceptors (Lipinski definition) is 6. The fourth-order valence-corrected chi connectivity index (χ4v) is 6.03. The number of nitrogens with zero attached hydrogens (tertiary/aromatic N) is 2. The van der Waals surface area contributed by atoms with Gasteiger partial charge in [-0.3, -0.25) is 9.80 Å². The van der Waals surface area contributed by atoms with Crippen molar-refractivity contribution in [1.29, 1.82) is 0 Å². The smallest absolute Gasteiger partial charge is 0.161 e. The van der Waals surface area contributed by atoms with Crippen LogP contribution in [0.5, 0.6) is 11.5 Å². The molecule has 0 radical (unpaired) electrons. The lowest BCUT2D eigenvalue weighted by Crippen LogP contribution is -2.36. The molecule has 2 fully saturated rings. The second kappa shape index (κ2) is 7.34. The third-order valence-corrected chi connectivity index (χ3v) is 7.39. The van der Waals surface area contributed by atoms with E-state index in [4.69, 9.17) is 9.47 Å². The van der Waals surface area contributed by atoms with Gasteiger partial charge in [0.1, 0.15) is 13.2 Å². The molecule has 0 saturated carbocycles. The SMILES string of the molecule is Cc1ccc(CN2CC3CN(Cc4ccc5c(c4)OCCO5)CC3(CO)C2)s1. The standard InChI is InChI=1S/C22H28N2O3S/c1-16-2-4-19(28-16)12-24-11-18-10-23(13-22(18,14-24)15-25)9-17-3-5-20-21(8-17)27-7-6-26-20/h2-5,8,18,25H,6-7,9-15H2,1H3. The Hall–Kier alpha value is -1.60. The molecule has 3 aliphatic heterocycles. The van der Waals surface area contributed by atoms with Gasteiger partial charge >= 0.3 is 0 Å². The van der Waals surface area contributed by atoms with Crippen molar-refractivity contribution in [1.82, 2.24) is 9.80 Å². The molecule has 0 aliphatic carbocycles. The summed E-state index contributed by atoms with van der Waals surface area (Å²) in [5, 5.41) is 10.3. The van der Waals surface area contributed by atoms with Crippen LogP contribution in [0.2, 0.25) is 0 Å².